The van der Waals surface area contributed by atoms with Gasteiger partial charge in [0.25, 0.3) is 0 Å². The van der Waals surface area contributed by atoms with E-state index in [1.165, 1.54) is 6.42 Å². The lowest BCUT2D eigenvalue weighted by molar-refractivity contribution is 0.151. The van der Waals surface area contributed by atoms with Gasteiger partial charge in [-0.2, -0.15) is 0 Å². The summed E-state index contributed by atoms with van der Waals surface area (Å²) in [5, 5.41) is 0. The molecule has 0 N–H and O–H groups in total. The van der Waals surface area contributed by atoms with Gasteiger partial charge in [-0.25, -0.2) is 0 Å². The minimum Gasteiger partial charge on any atom is -0.384 e. The summed E-state index contributed by atoms with van der Waals surface area (Å²) in [6.07, 6.45) is 2.17. The average molecular weight is 115 g/mol. The number of methoxy groups -OCH3 is 1. The zero-order valence-electron chi connectivity index (χ0n) is 5.81. The number of hydrogen-bond acceptors (Lipinski definition) is 1. The van der Waals surface area contributed by atoms with Gasteiger partial charge in [0, 0.05) is 13.7 Å². The van der Waals surface area contributed by atoms with Gasteiger partial charge in [-0.1, -0.05) is 20.3 Å². The fourth-order valence-electron chi connectivity index (χ4n) is 0.641. The van der Waals surface area contributed by atoms with E-state index in [4.69, 9.17) is 4.74 Å². The van der Waals surface area contributed by atoms with E-state index in [0.29, 0.717) is 5.92 Å². The fraction of sp³-hybridized carbons (Fsp3) is 0.857. The molecule has 0 fully saturated rings. The molecule has 0 aliphatic heterocycles. The molecular weight excluding hydrogens is 100 g/mol. The van der Waals surface area contributed by atoms with Crippen molar-refractivity contribution in [2.45, 2.75) is 19.8 Å². The fourth-order valence-corrected chi connectivity index (χ4v) is 0.641. The maximum absolute atomic E-state index is 4.95. The van der Waals surface area contributed by atoms with Gasteiger partial charge in [0.15, 0.2) is 0 Å². The molecule has 8 heavy (non-hydrogen) atoms. The standard InChI is InChI=1S/C7H15O/c1-4-7(5-2)6-8-3/h7H,1,4-6H2,2-3H3. The minimum absolute atomic E-state index is 0.667. The molecular formula is C7H15O. The van der Waals surface area contributed by atoms with E-state index >= 15 is 0 Å². The van der Waals surface area contributed by atoms with Crippen molar-refractivity contribution in [3.8, 4) is 0 Å². The zero-order valence-corrected chi connectivity index (χ0v) is 5.81. The van der Waals surface area contributed by atoms with Crippen molar-refractivity contribution in [3.63, 3.8) is 0 Å². The first kappa shape index (κ1) is 7.96. The zero-order chi connectivity index (χ0) is 6.41. The predicted octanol–water partition coefficient (Wildman–Crippen LogP) is 1.88. The van der Waals surface area contributed by atoms with Gasteiger partial charge in [-0.05, 0) is 12.3 Å². The summed E-state index contributed by atoms with van der Waals surface area (Å²) in [5.74, 6) is 0.667. The Hall–Kier alpha value is -0.0400. The molecule has 0 heterocycles. The monoisotopic (exact) mass is 115 g/mol. The normalized spacial score (nSPS) is 10.5. The Kier molecular flexibility index (Phi) is 5.08. The highest BCUT2D eigenvalue weighted by Crippen LogP contribution is 2.05. The van der Waals surface area contributed by atoms with Crippen LogP contribution in [0.3, 0.4) is 0 Å². The van der Waals surface area contributed by atoms with Crippen molar-refractivity contribution in [1.29, 1.82) is 0 Å². The molecule has 1 nitrogen and oxygen atoms in total. The molecule has 0 spiro atoms. The third-order valence-corrected chi connectivity index (χ3v) is 1.39. The van der Waals surface area contributed by atoms with Crippen molar-refractivity contribution in [2.75, 3.05) is 13.7 Å². The lowest BCUT2D eigenvalue weighted by Gasteiger charge is -2.08. The van der Waals surface area contributed by atoms with Gasteiger partial charge in [0.2, 0.25) is 0 Å². The van der Waals surface area contributed by atoms with Gasteiger partial charge in [-0.3, -0.25) is 0 Å². The Morgan fingerprint density at radius 1 is 1.62 bits per heavy atom. The highest BCUT2D eigenvalue weighted by molar-refractivity contribution is 4.55. The van der Waals surface area contributed by atoms with Gasteiger partial charge < -0.3 is 4.74 Å². The topological polar surface area (TPSA) is 9.23 Å². The largest absolute Gasteiger partial charge is 0.384 e. The van der Waals surface area contributed by atoms with Gasteiger partial charge in [0.05, 0.1) is 0 Å². The average Bonchev–Trinajstić information content (AvgIpc) is 1.83. The molecule has 1 unspecified atom stereocenters. The lowest BCUT2D eigenvalue weighted by Crippen LogP contribution is -2.04. The van der Waals surface area contributed by atoms with Crippen LogP contribution in [0.15, 0.2) is 0 Å². The van der Waals surface area contributed by atoms with Crippen molar-refractivity contribution in [3.05, 3.63) is 6.92 Å². The highest BCUT2D eigenvalue weighted by atomic mass is 16.5. The van der Waals surface area contributed by atoms with Crippen molar-refractivity contribution in [2.24, 2.45) is 5.92 Å². The van der Waals surface area contributed by atoms with Crippen molar-refractivity contribution < 1.29 is 4.74 Å². The molecule has 0 saturated heterocycles. The van der Waals surface area contributed by atoms with Crippen LogP contribution in [0.2, 0.25) is 0 Å². The number of ether oxygens (including phenoxy) is 1. The SMILES string of the molecule is [CH2]CC(CC)COC. The molecule has 49 valence electrons. The number of rotatable bonds is 4. The maximum Gasteiger partial charge on any atom is 0.0490 e. The van der Waals surface area contributed by atoms with E-state index in [0.717, 1.165) is 13.0 Å². The summed E-state index contributed by atoms with van der Waals surface area (Å²) < 4.78 is 4.95. The second-order valence-electron chi connectivity index (χ2n) is 2.02. The maximum atomic E-state index is 4.95. The Balaban J connectivity index is 3.07. The Morgan fingerprint density at radius 2 is 2.25 bits per heavy atom. The summed E-state index contributed by atoms with van der Waals surface area (Å²) in [6, 6.07) is 0. The summed E-state index contributed by atoms with van der Waals surface area (Å²) in [4.78, 5) is 0. The van der Waals surface area contributed by atoms with Crippen molar-refractivity contribution in [1.82, 2.24) is 0 Å². The molecule has 0 amide bonds. The van der Waals surface area contributed by atoms with Crippen LogP contribution >= 0.6 is 0 Å². The molecule has 0 aromatic carbocycles. The third-order valence-electron chi connectivity index (χ3n) is 1.39. The molecule has 1 radical (unpaired) electrons. The molecule has 0 bridgehead atoms. The van der Waals surface area contributed by atoms with E-state index in [1.807, 2.05) is 0 Å². The van der Waals surface area contributed by atoms with Crippen LogP contribution in [-0.2, 0) is 4.74 Å². The number of hydrogen-bond donors (Lipinski definition) is 0. The van der Waals surface area contributed by atoms with Gasteiger partial charge >= 0.3 is 0 Å². The molecule has 0 aromatic heterocycles. The Morgan fingerprint density at radius 3 is 2.38 bits per heavy atom. The van der Waals surface area contributed by atoms with E-state index < -0.39 is 0 Å². The minimum atomic E-state index is 0.667. The molecule has 1 heteroatoms. The second kappa shape index (κ2) is 5.10. The van der Waals surface area contributed by atoms with Gasteiger partial charge in [-0.15, -0.1) is 0 Å². The summed E-state index contributed by atoms with van der Waals surface area (Å²) >= 11 is 0. The smallest absolute Gasteiger partial charge is 0.0490 e. The first-order chi connectivity index (χ1) is 3.85. The van der Waals surface area contributed by atoms with E-state index in [1.54, 1.807) is 7.11 Å². The highest BCUT2D eigenvalue weighted by Gasteiger charge is 1.99. The summed E-state index contributed by atoms with van der Waals surface area (Å²) in [7, 11) is 1.73. The third kappa shape index (κ3) is 3.03. The summed E-state index contributed by atoms with van der Waals surface area (Å²) in [5.41, 5.74) is 0. The molecule has 0 aliphatic carbocycles. The molecule has 1 atom stereocenters. The van der Waals surface area contributed by atoms with Crippen LogP contribution in [0, 0.1) is 12.8 Å². The molecule has 0 aromatic rings. The molecule has 0 rings (SSSR count). The van der Waals surface area contributed by atoms with Crippen LogP contribution in [0.5, 0.6) is 0 Å². The van der Waals surface area contributed by atoms with Crippen LogP contribution in [0.4, 0.5) is 0 Å². The van der Waals surface area contributed by atoms with Crippen molar-refractivity contribution >= 4 is 0 Å². The van der Waals surface area contributed by atoms with E-state index in [-0.39, 0.29) is 0 Å². The van der Waals surface area contributed by atoms with E-state index in [9.17, 15) is 0 Å². The first-order valence-corrected chi connectivity index (χ1v) is 3.13. The summed E-state index contributed by atoms with van der Waals surface area (Å²) in [6.45, 7) is 6.82. The van der Waals surface area contributed by atoms with Gasteiger partial charge in [0.1, 0.15) is 0 Å². The second-order valence-corrected chi connectivity index (χ2v) is 2.02. The Bertz CT molecular complexity index is 39.7. The first-order valence-electron chi connectivity index (χ1n) is 3.13. The quantitative estimate of drug-likeness (QED) is 0.543. The predicted molar refractivity (Wildman–Crippen MR) is 35.6 cm³/mol. The van der Waals surface area contributed by atoms with Crippen LogP contribution < -0.4 is 0 Å². The Labute approximate surface area is 52.0 Å². The van der Waals surface area contributed by atoms with E-state index in [2.05, 4.69) is 13.8 Å². The molecule has 0 saturated carbocycles. The van der Waals surface area contributed by atoms with Crippen LogP contribution in [-0.4, -0.2) is 13.7 Å². The van der Waals surface area contributed by atoms with Crippen LogP contribution in [0.25, 0.3) is 0 Å². The van der Waals surface area contributed by atoms with Crippen LogP contribution in [0.1, 0.15) is 19.8 Å². The lowest BCUT2D eigenvalue weighted by atomic mass is 10.1. The molecule has 0 aliphatic rings.